The maximum absolute atomic E-state index is 5.41. The van der Waals surface area contributed by atoms with Crippen LogP contribution in [0.5, 0.6) is 11.5 Å². The van der Waals surface area contributed by atoms with Gasteiger partial charge in [0.15, 0.2) is 11.5 Å². The Morgan fingerprint density at radius 2 is 1.57 bits per heavy atom. The smallest absolute Gasteiger partial charge is 0.161 e. The van der Waals surface area contributed by atoms with Crippen molar-refractivity contribution < 1.29 is 9.47 Å². The van der Waals surface area contributed by atoms with Gasteiger partial charge in [-0.1, -0.05) is 12.1 Å². The molecule has 0 aliphatic rings. The Morgan fingerprint density at radius 3 is 2.13 bits per heavy atom. The molecule has 0 bridgehead atoms. The highest BCUT2D eigenvalue weighted by molar-refractivity contribution is 7.98. The third-order valence-electron chi connectivity index (χ3n) is 3.89. The summed E-state index contributed by atoms with van der Waals surface area (Å²) in [7, 11) is 5.48. The fourth-order valence-corrected chi connectivity index (χ4v) is 2.99. The van der Waals surface area contributed by atoms with E-state index in [-0.39, 0.29) is 0 Å². The van der Waals surface area contributed by atoms with Crippen LogP contribution in [-0.4, -0.2) is 32.4 Å². The summed E-state index contributed by atoms with van der Waals surface area (Å²) in [6, 6.07) is 12.9. The first-order valence-corrected chi connectivity index (χ1v) is 8.82. The first-order chi connectivity index (χ1) is 11.1. The maximum atomic E-state index is 5.41. The number of hydrogen-bond acceptors (Lipinski definition) is 4. The number of nitrogens with zero attached hydrogens (tertiary/aromatic N) is 1. The van der Waals surface area contributed by atoms with Crippen LogP contribution in [-0.2, 0) is 13.1 Å². The SMILES string of the molecule is COc1cc(C)c(CN(C)Cc2ccc(SC)cc2)cc1OC. The molecule has 0 atom stereocenters. The highest BCUT2D eigenvalue weighted by Gasteiger charge is 2.10. The van der Waals surface area contributed by atoms with Gasteiger partial charge in [-0.25, -0.2) is 0 Å². The van der Waals surface area contributed by atoms with Crippen LogP contribution in [0.3, 0.4) is 0 Å². The van der Waals surface area contributed by atoms with Gasteiger partial charge in [0.05, 0.1) is 14.2 Å². The lowest BCUT2D eigenvalue weighted by Crippen LogP contribution is -2.18. The molecule has 0 heterocycles. The number of rotatable bonds is 7. The topological polar surface area (TPSA) is 21.7 Å². The van der Waals surface area contributed by atoms with Crippen molar-refractivity contribution in [3.05, 3.63) is 53.1 Å². The average Bonchev–Trinajstić information content (AvgIpc) is 2.56. The molecule has 0 aliphatic heterocycles. The second kappa shape index (κ2) is 8.27. The molecule has 4 heteroatoms. The summed E-state index contributed by atoms with van der Waals surface area (Å²) in [5.74, 6) is 1.56. The highest BCUT2D eigenvalue weighted by Crippen LogP contribution is 2.30. The van der Waals surface area contributed by atoms with Crippen LogP contribution >= 0.6 is 11.8 Å². The van der Waals surface area contributed by atoms with E-state index in [1.807, 2.05) is 6.07 Å². The van der Waals surface area contributed by atoms with E-state index >= 15 is 0 Å². The van der Waals surface area contributed by atoms with E-state index in [2.05, 4.69) is 55.5 Å². The van der Waals surface area contributed by atoms with E-state index in [0.717, 1.165) is 24.6 Å². The number of thioether (sulfide) groups is 1. The van der Waals surface area contributed by atoms with Crippen molar-refractivity contribution in [2.75, 3.05) is 27.5 Å². The number of benzene rings is 2. The van der Waals surface area contributed by atoms with Crippen LogP contribution < -0.4 is 9.47 Å². The van der Waals surface area contributed by atoms with E-state index in [1.165, 1.54) is 21.6 Å². The zero-order valence-electron chi connectivity index (χ0n) is 14.6. The van der Waals surface area contributed by atoms with Crippen molar-refractivity contribution in [1.29, 1.82) is 0 Å². The van der Waals surface area contributed by atoms with Gasteiger partial charge in [-0.3, -0.25) is 4.90 Å². The summed E-state index contributed by atoms with van der Waals surface area (Å²) < 4.78 is 10.8. The van der Waals surface area contributed by atoms with Gasteiger partial charge in [-0.15, -0.1) is 11.8 Å². The molecule has 0 amide bonds. The molecule has 0 saturated heterocycles. The normalized spacial score (nSPS) is 10.9. The van der Waals surface area contributed by atoms with Crippen LogP contribution in [0.1, 0.15) is 16.7 Å². The molecule has 2 aromatic carbocycles. The summed E-state index contributed by atoms with van der Waals surface area (Å²) in [5, 5.41) is 0. The van der Waals surface area contributed by atoms with Crippen LogP contribution in [0, 0.1) is 6.92 Å². The van der Waals surface area contributed by atoms with Gasteiger partial charge >= 0.3 is 0 Å². The van der Waals surface area contributed by atoms with E-state index < -0.39 is 0 Å². The summed E-state index contributed by atoms with van der Waals surface area (Å²) >= 11 is 1.77. The lowest BCUT2D eigenvalue weighted by molar-refractivity contribution is 0.315. The van der Waals surface area contributed by atoms with Crippen molar-refractivity contribution in [1.82, 2.24) is 4.90 Å². The lowest BCUT2D eigenvalue weighted by Gasteiger charge is -2.20. The molecule has 0 fully saturated rings. The van der Waals surface area contributed by atoms with Gasteiger partial charge in [0.1, 0.15) is 0 Å². The monoisotopic (exact) mass is 331 g/mol. The Balaban J connectivity index is 2.08. The third-order valence-corrected chi connectivity index (χ3v) is 4.64. The second-order valence-electron chi connectivity index (χ2n) is 5.65. The van der Waals surface area contributed by atoms with Crippen LogP contribution in [0.4, 0.5) is 0 Å². The second-order valence-corrected chi connectivity index (χ2v) is 6.53. The zero-order chi connectivity index (χ0) is 16.8. The first-order valence-electron chi connectivity index (χ1n) is 7.60. The third kappa shape index (κ3) is 4.66. The number of hydrogen-bond donors (Lipinski definition) is 0. The van der Waals surface area contributed by atoms with Crippen LogP contribution in [0.2, 0.25) is 0 Å². The minimum atomic E-state index is 0.782. The molecule has 124 valence electrons. The number of aryl methyl sites for hydroxylation is 1. The molecule has 0 saturated carbocycles. The Kier molecular flexibility index (Phi) is 6.37. The quantitative estimate of drug-likeness (QED) is 0.703. The van der Waals surface area contributed by atoms with E-state index in [0.29, 0.717) is 0 Å². The predicted octanol–water partition coefficient (Wildman–Crippen LogP) is 4.37. The Bertz CT molecular complexity index is 641. The van der Waals surface area contributed by atoms with Crippen LogP contribution in [0.15, 0.2) is 41.3 Å². The predicted molar refractivity (Wildman–Crippen MR) is 97.7 cm³/mol. The summed E-state index contributed by atoms with van der Waals surface area (Å²) in [6.07, 6.45) is 2.10. The van der Waals surface area contributed by atoms with Gasteiger partial charge in [-0.05, 0) is 61.2 Å². The fraction of sp³-hybridized carbons (Fsp3) is 0.368. The van der Waals surface area contributed by atoms with Gasteiger partial charge in [-0.2, -0.15) is 0 Å². The maximum Gasteiger partial charge on any atom is 0.161 e. The highest BCUT2D eigenvalue weighted by atomic mass is 32.2. The molecule has 23 heavy (non-hydrogen) atoms. The van der Waals surface area contributed by atoms with Crippen molar-refractivity contribution in [3.63, 3.8) is 0 Å². The molecular formula is C19H25NO2S. The molecule has 3 nitrogen and oxygen atoms in total. The molecule has 0 unspecified atom stereocenters. The van der Waals surface area contributed by atoms with Crippen LogP contribution in [0.25, 0.3) is 0 Å². The molecule has 0 aromatic heterocycles. The van der Waals surface area contributed by atoms with Gasteiger partial charge in [0.2, 0.25) is 0 Å². The van der Waals surface area contributed by atoms with E-state index in [4.69, 9.17) is 9.47 Å². The average molecular weight is 331 g/mol. The van der Waals surface area contributed by atoms with Gasteiger partial charge < -0.3 is 9.47 Å². The Labute approximate surface area is 143 Å². The Morgan fingerprint density at radius 1 is 0.957 bits per heavy atom. The minimum absolute atomic E-state index is 0.782. The molecular weight excluding hydrogens is 306 g/mol. The van der Waals surface area contributed by atoms with Gasteiger partial charge in [0.25, 0.3) is 0 Å². The zero-order valence-corrected chi connectivity index (χ0v) is 15.4. The lowest BCUT2D eigenvalue weighted by atomic mass is 10.1. The summed E-state index contributed by atoms with van der Waals surface area (Å²) in [6.45, 7) is 3.90. The minimum Gasteiger partial charge on any atom is -0.493 e. The largest absolute Gasteiger partial charge is 0.493 e. The van der Waals surface area contributed by atoms with Gasteiger partial charge in [0, 0.05) is 18.0 Å². The van der Waals surface area contributed by atoms with E-state index in [1.54, 1.807) is 26.0 Å². The summed E-state index contributed by atoms with van der Waals surface area (Å²) in [4.78, 5) is 3.61. The first kappa shape index (κ1) is 17.7. The molecule has 0 N–H and O–H groups in total. The van der Waals surface area contributed by atoms with Crippen molar-refractivity contribution in [2.24, 2.45) is 0 Å². The fourth-order valence-electron chi connectivity index (χ4n) is 2.58. The molecule has 2 aromatic rings. The molecule has 2 rings (SSSR count). The number of methoxy groups -OCH3 is 2. The van der Waals surface area contributed by atoms with E-state index in [9.17, 15) is 0 Å². The van der Waals surface area contributed by atoms with Crippen molar-refractivity contribution >= 4 is 11.8 Å². The Hall–Kier alpha value is -1.65. The summed E-state index contributed by atoms with van der Waals surface area (Å²) in [5.41, 5.74) is 3.79. The number of ether oxygens (including phenoxy) is 2. The molecule has 0 spiro atoms. The molecule has 0 radical (unpaired) electrons. The molecule has 0 aliphatic carbocycles. The van der Waals surface area contributed by atoms with Crippen molar-refractivity contribution in [3.8, 4) is 11.5 Å². The van der Waals surface area contributed by atoms with Crippen molar-refractivity contribution in [2.45, 2.75) is 24.9 Å². The standard InChI is InChI=1S/C19H25NO2S/c1-14-10-18(21-3)19(22-4)11-16(14)13-20(2)12-15-6-8-17(23-5)9-7-15/h6-11H,12-13H2,1-5H3.